The summed E-state index contributed by atoms with van der Waals surface area (Å²) in [4.78, 5) is 0. The Balaban J connectivity index is 1.22. The highest BCUT2D eigenvalue weighted by Gasteiger charge is 2.82. The summed E-state index contributed by atoms with van der Waals surface area (Å²) in [5, 5.41) is 25.8. The van der Waals surface area contributed by atoms with Crippen molar-refractivity contribution >= 4 is 0 Å². The Morgan fingerprint density at radius 3 is 2.42 bits per heavy atom. The highest BCUT2D eigenvalue weighted by atomic mass is 19.3. The van der Waals surface area contributed by atoms with Gasteiger partial charge in [0.05, 0.1) is 6.54 Å². The summed E-state index contributed by atoms with van der Waals surface area (Å²) in [5.41, 5.74) is -4.20. The molecule has 0 spiro atoms. The van der Waals surface area contributed by atoms with Gasteiger partial charge in [-0.05, 0) is 71.9 Å². The molecule has 2 heterocycles. The molecule has 2 aromatic carbocycles. The predicted molar refractivity (Wildman–Crippen MR) is 123 cm³/mol. The number of halogens is 4. The number of nitrogens with zero attached hydrogens (tertiary/aromatic N) is 5. The summed E-state index contributed by atoms with van der Waals surface area (Å²) >= 11 is 0. The molecule has 4 aromatic rings. The maximum atomic E-state index is 16.3. The Labute approximate surface area is 214 Å². The van der Waals surface area contributed by atoms with E-state index >= 15 is 8.78 Å². The number of tetrazole rings is 1. The molecule has 8 nitrogen and oxygen atoms in total. The Bertz CT molecular complexity index is 1450. The van der Waals surface area contributed by atoms with Gasteiger partial charge in [-0.2, -0.15) is 0 Å². The summed E-state index contributed by atoms with van der Waals surface area (Å²) < 4.78 is 72.6. The third-order valence-corrected chi connectivity index (χ3v) is 7.90. The number of rotatable bonds is 9. The van der Waals surface area contributed by atoms with E-state index in [4.69, 9.17) is 9.26 Å². The summed E-state index contributed by atoms with van der Waals surface area (Å²) in [6, 6.07) is 11.2. The maximum absolute atomic E-state index is 16.3. The van der Waals surface area contributed by atoms with Crippen LogP contribution in [0.4, 0.5) is 17.6 Å². The fraction of sp³-hybridized carbons (Fsp3) is 0.385. The SMILES string of the molecule is Cc1cc(COc2ccc(C34CC(C(F)(F)[C@@](O)(Cn5cnnn5)c5ccc(F)cc5F)(C3)C4)cc2)no1. The second-order valence-corrected chi connectivity index (χ2v) is 10.4. The zero-order valence-electron chi connectivity index (χ0n) is 20.2. The third kappa shape index (κ3) is 3.61. The van der Waals surface area contributed by atoms with Crippen LogP contribution in [0.25, 0.3) is 0 Å². The number of benzene rings is 2. The second kappa shape index (κ2) is 8.35. The van der Waals surface area contributed by atoms with Gasteiger partial charge in [0.15, 0.2) is 5.60 Å². The van der Waals surface area contributed by atoms with Gasteiger partial charge in [-0.25, -0.2) is 22.2 Å². The number of hydrogen-bond donors (Lipinski definition) is 1. The molecule has 0 aliphatic heterocycles. The second-order valence-electron chi connectivity index (χ2n) is 10.4. The monoisotopic (exact) mass is 529 g/mol. The van der Waals surface area contributed by atoms with Gasteiger partial charge in [0.2, 0.25) is 0 Å². The molecule has 1 atom stereocenters. The van der Waals surface area contributed by atoms with E-state index in [2.05, 4.69) is 20.7 Å². The molecule has 0 unspecified atom stereocenters. The Hall–Kier alpha value is -3.80. The van der Waals surface area contributed by atoms with Crippen molar-refractivity contribution in [1.29, 1.82) is 0 Å². The summed E-state index contributed by atoms with van der Waals surface area (Å²) in [5.74, 6) is -4.69. The topological polar surface area (TPSA) is 99.1 Å². The Kier molecular flexibility index (Phi) is 5.39. The minimum atomic E-state index is -3.77. The smallest absolute Gasteiger partial charge is 0.287 e. The van der Waals surface area contributed by atoms with Crippen LogP contribution in [0.3, 0.4) is 0 Å². The van der Waals surface area contributed by atoms with Gasteiger partial charge in [-0.15, -0.1) is 5.10 Å². The van der Waals surface area contributed by atoms with Crippen LogP contribution in [0.15, 0.2) is 59.4 Å². The van der Waals surface area contributed by atoms with Crippen LogP contribution < -0.4 is 4.74 Å². The highest BCUT2D eigenvalue weighted by molar-refractivity contribution is 5.44. The van der Waals surface area contributed by atoms with Crippen LogP contribution in [0.2, 0.25) is 0 Å². The number of aliphatic hydroxyl groups is 1. The first-order valence-electron chi connectivity index (χ1n) is 12.0. The zero-order valence-corrected chi connectivity index (χ0v) is 20.2. The lowest BCUT2D eigenvalue weighted by molar-refractivity contribution is -0.347. The van der Waals surface area contributed by atoms with E-state index in [1.165, 1.54) is 0 Å². The third-order valence-electron chi connectivity index (χ3n) is 7.90. The van der Waals surface area contributed by atoms with Crippen molar-refractivity contribution in [2.24, 2.45) is 5.41 Å². The van der Waals surface area contributed by atoms with Crippen molar-refractivity contribution < 1.29 is 31.9 Å². The molecule has 1 N–H and O–H groups in total. The molecule has 198 valence electrons. The van der Waals surface area contributed by atoms with Crippen molar-refractivity contribution in [2.75, 3.05) is 0 Å². The van der Waals surface area contributed by atoms with Crippen LogP contribution in [0.1, 0.15) is 41.8 Å². The quantitative estimate of drug-likeness (QED) is 0.320. The Morgan fingerprint density at radius 1 is 1.08 bits per heavy atom. The van der Waals surface area contributed by atoms with Crippen LogP contribution in [0, 0.1) is 24.0 Å². The van der Waals surface area contributed by atoms with E-state index in [1.54, 1.807) is 25.1 Å². The maximum Gasteiger partial charge on any atom is 0.287 e. The van der Waals surface area contributed by atoms with E-state index in [0.717, 1.165) is 28.7 Å². The van der Waals surface area contributed by atoms with Crippen molar-refractivity contribution in [1.82, 2.24) is 25.4 Å². The highest BCUT2D eigenvalue weighted by Crippen LogP contribution is 2.80. The minimum Gasteiger partial charge on any atom is -0.487 e. The van der Waals surface area contributed by atoms with Gasteiger partial charge < -0.3 is 14.4 Å². The summed E-state index contributed by atoms with van der Waals surface area (Å²) in [7, 11) is 0. The van der Waals surface area contributed by atoms with Gasteiger partial charge in [0.1, 0.15) is 41.8 Å². The molecular formula is C26H23F4N5O3. The average Bonchev–Trinajstić information content (AvgIpc) is 3.48. The number of aromatic nitrogens is 5. The summed E-state index contributed by atoms with van der Waals surface area (Å²) in [6.07, 6.45) is 1.36. The van der Waals surface area contributed by atoms with Gasteiger partial charge in [-0.3, -0.25) is 0 Å². The lowest BCUT2D eigenvalue weighted by Crippen LogP contribution is -2.76. The molecular weight excluding hydrogens is 506 g/mol. The number of aryl methyl sites for hydroxylation is 1. The largest absolute Gasteiger partial charge is 0.487 e. The van der Waals surface area contributed by atoms with E-state index in [1.807, 2.05) is 12.1 Å². The Morgan fingerprint density at radius 2 is 1.82 bits per heavy atom. The predicted octanol–water partition coefficient (Wildman–Crippen LogP) is 4.47. The molecule has 38 heavy (non-hydrogen) atoms. The van der Waals surface area contributed by atoms with Crippen LogP contribution in [-0.2, 0) is 24.2 Å². The van der Waals surface area contributed by atoms with E-state index in [-0.39, 0.29) is 25.9 Å². The van der Waals surface area contributed by atoms with Crippen molar-refractivity contribution in [3.05, 3.63) is 89.1 Å². The van der Waals surface area contributed by atoms with Gasteiger partial charge in [0, 0.05) is 23.1 Å². The normalized spacial score (nSPS) is 23.8. The fourth-order valence-corrected chi connectivity index (χ4v) is 6.08. The van der Waals surface area contributed by atoms with Crippen molar-refractivity contribution in [3.63, 3.8) is 0 Å². The number of alkyl halides is 2. The first-order chi connectivity index (χ1) is 18.1. The lowest BCUT2D eigenvalue weighted by Gasteiger charge is -2.74. The van der Waals surface area contributed by atoms with Crippen molar-refractivity contribution in [3.8, 4) is 5.75 Å². The molecule has 7 rings (SSSR count). The molecule has 0 amide bonds. The molecule has 2 aromatic heterocycles. The van der Waals surface area contributed by atoms with Gasteiger partial charge in [0.25, 0.3) is 5.92 Å². The number of ether oxygens (including phenoxy) is 1. The number of hydrogen-bond acceptors (Lipinski definition) is 7. The molecule has 0 saturated heterocycles. The average molecular weight is 529 g/mol. The molecule has 3 aliphatic carbocycles. The van der Waals surface area contributed by atoms with Gasteiger partial charge in [-0.1, -0.05) is 17.3 Å². The molecule has 3 aliphatic rings. The molecule has 3 saturated carbocycles. The molecule has 2 bridgehead atoms. The van der Waals surface area contributed by atoms with E-state index in [9.17, 15) is 13.9 Å². The zero-order chi connectivity index (χ0) is 26.8. The van der Waals surface area contributed by atoms with Crippen LogP contribution in [-0.4, -0.2) is 36.4 Å². The summed E-state index contributed by atoms with van der Waals surface area (Å²) in [6.45, 7) is 1.21. The van der Waals surface area contributed by atoms with Crippen LogP contribution >= 0.6 is 0 Å². The molecule has 0 radical (unpaired) electrons. The first-order valence-corrected chi connectivity index (χ1v) is 12.0. The first kappa shape index (κ1) is 24.5. The van der Waals surface area contributed by atoms with E-state index in [0.29, 0.717) is 23.3 Å². The van der Waals surface area contributed by atoms with E-state index < -0.39 is 46.1 Å². The molecule has 3 fully saturated rings. The molecule has 12 heteroatoms. The minimum absolute atomic E-state index is 0.103. The van der Waals surface area contributed by atoms with Gasteiger partial charge >= 0.3 is 0 Å². The van der Waals surface area contributed by atoms with Crippen molar-refractivity contribution in [2.45, 2.75) is 56.3 Å². The fourth-order valence-electron chi connectivity index (χ4n) is 6.08. The lowest BCUT2D eigenvalue weighted by atomic mass is 9.30. The standard InChI is InChI=1S/C26H23F4N5O3/c1-16-8-19(32-38-16)10-37-20-5-2-17(3-6-20)23-11-24(12-23,13-23)26(29,30)25(36,14-35-15-31-33-34-35)21-7-4-18(27)9-22(21)28/h2-9,15,36H,10-14H2,1H3/t23?,24?,25-/m1/s1. The van der Waals surface area contributed by atoms with Crippen LogP contribution in [0.5, 0.6) is 5.75 Å².